The minimum absolute atomic E-state index is 0.439. The third-order valence-corrected chi connectivity index (χ3v) is 4.61. The first kappa shape index (κ1) is 15.7. The molecule has 1 aliphatic rings. The second-order valence-electron chi connectivity index (χ2n) is 5.79. The van der Waals surface area contributed by atoms with E-state index in [0.29, 0.717) is 12.1 Å². The lowest BCUT2D eigenvalue weighted by atomic mass is 9.98. The lowest BCUT2D eigenvalue weighted by Gasteiger charge is -2.39. The Morgan fingerprint density at radius 2 is 2.25 bits per heavy atom. The van der Waals surface area contributed by atoms with Gasteiger partial charge in [0.1, 0.15) is 0 Å². The monoisotopic (exact) mass is 296 g/mol. The van der Waals surface area contributed by atoms with E-state index in [1.165, 1.54) is 5.56 Å². The van der Waals surface area contributed by atoms with E-state index in [9.17, 15) is 0 Å². The lowest BCUT2D eigenvalue weighted by Crippen LogP contribution is -2.52. The maximum absolute atomic E-state index is 6.21. The predicted octanol–water partition coefficient (Wildman–Crippen LogP) is 1.50. The zero-order valence-corrected chi connectivity index (χ0v) is 13.4. The van der Waals surface area contributed by atoms with Crippen LogP contribution in [0.25, 0.3) is 0 Å². The van der Waals surface area contributed by atoms with Crippen LogP contribution in [0.5, 0.6) is 0 Å². The number of piperazine rings is 1. The predicted molar refractivity (Wildman–Crippen MR) is 84.3 cm³/mol. The van der Waals surface area contributed by atoms with Crippen molar-refractivity contribution < 1.29 is 0 Å². The Hall–Kier alpha value is -0.680. The average Bonchev–Trinajstić information content (AvgIpc) is 2.44. The molecule has 0 saturated carbocycles. The van der Waals surface area contributed by atoms with Gasteiger partial charge in [-0.2, -0.15) is 0 Å². The van der Waals surface area contributed by atoms with Crippen molar-refractivity contribution >= 4 is 11.6 Å². The number of hydrogen-bond acceptors (Lipinski definition) is 4. The molecule has 0 spiro atoms. The molecule has 5 heteroatoms. The Morgan fingerprint density at radius 1 is 1.45 bits per heavy atom. The van der Waals surface area contributed by atoms with Crippen LogP contribution < -0.4 is 5.32 Å². The minimum Gasteiger partial charge on any atom is -0.317 e. The highest BCUT2D eigenvalue weighted by atomic mass is 35.5. The van der Waals surface area contributed by atoms with E-state index in [1.807, 2.05) is 19.3 Å². The summed E-state index contributed by atoms with van der Waals surface area (Å²) in [6.45, 7) is 3.44. The summed E-state index contributed by atoms with van der Waals surface area (Å²) < 4.78 is 0. The van der Waals surface area contributed by atoms with Crippen LogP contribution in [-0.4, -0.2) is 67.6 Å². The molecule has 1 N–H and O–H groups in total. The van der Waals surface area contributed by atoms with E-state index in [-0.39, 0.29) is 0 Å². The van der Waals surface area contributed by atoms with E-state index in [4.69, 9.17) is 11.6 Å². The highest BCUT2D eigenvalue weighted by Crippen LogP contribution is 2.19. The summed E-state index contributed by atoms with van der Waals surface area (Å²) in [5.74, 6) is 0. The number of rotatable bonds is 5. The van der Waals surface area contributed by atoms with Gasteiger partial charge in [-0.3, -0.25) is 4.98 Å². The molecule has 0 aromatic carbocycles. The van der Waals surface area contributed by atoms with Crippen molar-refractivity contribution in [2.45, 2.75) is 24.9 Å². The molecule has 1 fully saturated rings. The van der Waals surface area contributed by atoms with Gasteiger partial charge in [-0.15, -0.1) is 0 Å². The Bertz CT molecular complexity index is 426. The molecule has 1 aromatic heterocycles. The molecule has 112 valence electrons. The maximum atomic E-state index is 6.21. The van der Waals surface area contributed by atoms with Crippen molar-refractivity contribution in [3.05, 3.63) is 29.0 Å². The van der Waals surface area contributed by atoms with Crippen molar-refractivity contribution in [2.24, 2.45) is 0 Å². The highest BCUT2D eigenvalue weighted by Gasteiger charge is 2.25. The number of likely N-dealkylation sites (N-methyl/N-ethyl adjacent to an activating group) is 3. The van der Waals surface area contributed by atoms with Crippen LogP contribution in [0.2, 0.25) is 5.02 Å². The Morgan fingerprint density at radius 3 is 2.95 bits per heavy atom. The first-order valence-corrected chi connectivity index (χ1v) is 7.62. The van der Waals surface area contributed by atoms with Crippen molar-refractivity contribution in [2.75, 3.05) is 40.8 Å². The summed E-state index contributed by atoms with van der Waals surface area (Å²) in [6.07, 6.45) is 5.63. The van der Waals surface area contributed by atoms with Gasteiger partial charge in [-0.1, -0.05) is 11.6 Å². The highest BCUT2D eigenvalue weighted by molar-refractivity contribution is 6.31. The van der Waals surface area contributed by atoms with Gasteiger partial charge in [0.2, 0.25) is 0 Å². The molecule has 1 aromatic rings. The number of aromatic nitrogens is 1. The normalized spacial score (nSPS) is 22.9. The third-order valence-electron chi connectivity index (χ3n) is 4.27. The summed E-state index contributed by atoms with van der Waals surface area (Å²) in [5.41, 5.74) is 1.17. The smallest absolute Gasteiger partial charge is 0.0621 e. The van der Waals surface area contributed by atoms with Gasteiger partial charge in [-0.05, 0) is 45.6 Å². The second-order valence-corrected chi connectivity index (χ2v) is 6.20. The maximum Gasteiger partial charge on any atom is 0.0621 e. The lowest BCUT2D eigenvalue weighted by molar-refractivity contribution is 0.102. The zero-order chi connectivity index (χ0) is 14.5. The molecule has 0 radical (unpaired) electrons. The van der Waals surface area contributed by atoms with Gasteiger partial charge in [-0.25, -0.2) is 0 Å². The van der Waals surface area contributed by atoms with Crippen molar-refractivity contribution in [1.29, 1.82) is 0 Å². The second kappa shape index (κ2) is 7.36. The van der Waals surface area contributed by atoms with Gasteiger partial charge < -0.3 is 15.1 Å². The van der Waals surface area contributed by atoms with Gasteiger partial charge in [0.15, 0.2) is 0 Å². The number of nitrogens with one attached hydrogen (secondary N) is 1. The molecule has 2 heterocycles. The molecule has 4 nitrogen and oxygen atoms in total. The zero-order valence-electron chi connectivity index (χ0n) is 12.6. The molecule has 2 unspecified atom stereocenters. The Kier molecular flexibility index (Phi) is 5.78. The van der Waals surface area contributed by atoms with Crippen molar-refractivity contribution in [1.82, 2.24) is 20.1 Å². The molecule has 0 bridgehead atoms. The fourth-order valence-corrected chi connectivity index (χ4v) is 3.02. The van der Waals surface area contributed by atoms with E-state index >= 15 is 0 Å². The van der Waals surface area contributed by atoms with E-state index in [0.717, 1.165) is 37.5 Å². The SMILES string of the molecule is CNC(Cc1ccncc1Cl)CC1CN(C)CCN1C. The van der Waals surface area contributed by atoms with Crippen LogP contribution in [0.1, 0.15) is 12.0 Å². The third kappa shape index (κ3) is 4.16. The molecule has 1 saturated heterocycles. The summed E-state index contributed by atoms with van der Waals surface area (Å²) in [6, 6.07) is 3.06. The number of pyridine rings is 1. The van der Waals surface area contributed by atoms with Gasteiger partial charge >= 0.3 is 0 Å². The fourth-order valence-electron chi connectivity index (χ4n) is 2.82. The van der Waals surface area contributed by atoms with Crippen molar-refractivity contribution in [3.8, 4) is 0 Å². The molecule has 20 heavy (non-hydrogen) atoms. The minimum atomic E-state index is 0.439. The standard InChI is InChI=1S/C15H25ClN4/c1-17-13(8-12-4-5-18-10-15(12)16)9-14-11-19(2)6-7-20(14)3/h4-5,10,13-14,17H,6-9,11H2,1-3H3. The average molecular weight is 297 g/mol. The van der Waals surface area contributed by atoms with Crippen molar-refractivity contribution in [3.63, 3.8) is 0 Å². The summed E-state index contributed by atoms with van der Waals surface area (Å²) in [5, 5.41) is 4.20. The van der Waals surface area contributed by atoms with E-state index in [1.54, 1.807) is 6.20 Å². The van der Waals surface area contributed by atoms with Gasteiger partial charge in [0.25, 0.3) is 0 Å². The first-order chi connectivity index (χ1) is 9.60. The number of nitrogens with zero attached hydrogens (tertiary/aromatic N) is 3. The van der Waals surface area contributed by atoms with E-state index < -0.39 is 0 Å². The van der Waals surface area contributed by atoms with Crippen LogP contribution in [0, 0.1) is 0 Å². The molecule has 2 atom stereocenters. The molecule has 0 aliphatic carbocycles. The largest absolute Gasteiger partial charge is 0.317 e. The first-order valence-electron chi connectivity index (χ1n) is 7.24. The van der Waals surface area contributed by atoms with Gasteiger partial charge in [0.05, 0.1) is 5.02 Å². The topological polar surface area (TPSA) is 31.4 Å². The van der Waals surface area contributed by atoms with Crippen LogP contribution in [0.4, 0.5) is 0 Å². The van der Waals surface area contributed by atoms with Crippen LogP contribution in [-0.2, 0) is 6.42 Å². The molecule has 0 amide bonds. The quantitative estimate of drug-likeness (QED) is 0.892. The van der Waals surface area contributed by atoms with Crippen LogP contribution in [0.15, 0.2) is 18.5 Å². The summed E-state index contributed by atoms with van der Waals surface area (Å²) in [4.78, 5) is 8.93. The van der Waals surface area contributed by atoms with Gasteiger partial charge in [0, 0.05) is 44.1 Å². The van der Waals surface area contributed by atoms with Crippen LogP contribution in [0.3, 0.4) is 0 Å². The summed E-state index contributed by atoms with van der Waals surface area (Å²) in [7, 11) is 6.46. The molecule has 1 aliphatic heterocycles. The molecule has 2 rings (SSSR count). The molecular formula is C15H25ClN4. The summed E-state index contributed by atoms with van der Waals surface area (Å²) >= 11 is 6.21. The Labute approximate surface area is 127 Å². The Balaban J connectivity index is 1.96. The van der Waals surface area contributed by atoms with E-state index in [2.05, 4.69) is 34.2 Å². The van der Waals surface area contributed by atoms with Crippen LogP contribution >= 0.6 is 11.6 Å². The molecular weight excluding hydrogens is 272 g/mol. The fraction of sp³-hybridized carbons (Fsp3) is 0.667. The number of hydrogen-bond donors (Lipinski definition) is 1. The number of halogens is 1.